The normalized spacial score (nSPS) is 21.2. The minimum Gasteiger partial charge on any atom is -0.388 e. The van der Waals surface area contributed by atoms with Crippen LogP contribution in [0.3, 0.4) is 0 Å². The molecule has 2 aliphatic heterocycles. The highest BCUT2D eigenvalue weighted by molar-refractivity contribution is 5.90. The van der Waals surface area contributed by atoms with Crippen LogP contribution in [0.15, 0.2) is 18.2 Å². The Morgan fingerprint density at radius 3 is 2.86 bits per heavy atom. The number of aliphatic hydroxyl groups is 1. The summed E-state index contributed by atoms with van der Waals surface area (Å²) in [5.74, 6) is 0. The molecule has 0 spiro atoms. The Morgan fingerprint density at radius 2 is 2.14 bits per heavy atom. The van der Waals surface area contributed by atoms with Crippen molar-refractivity contribution >= 4 is 17.4 Å². The van der Waals surface area contributed by atoms with Gasteiger partial charge in [-0.05, 0) is 50.8 Å². The van der Waals surface area contributed by atoms with Gasteiger partial charge in [0.15, 0.2) is 0 Å². The summed E-state index contributed by atoms with van der Waals surface area (Å²) in [7, 11) is 2.07. The molecule has 1 fully saturated rings. The van der Waals surface area contributed by atoms with Crippen molar-refractivity contribution in [3.63, 3.8) is 0 Å². The minimum absolute atomic E-state index is 0.120. The molecule has 0 saturated carbocycles. The van der Waals surface area contributed by atoms with E-state index >= 15 is 0 Å². The standard InChI is InChI=1S/C17H25N3O2/c1-17(2,22)15-5-4-9-20(15)16(21)18-13-7-6-12-8-10-19(3)14(12)11-13/h6-7,11,15,22H,4-5,8-10H2,1-3H3,(H,18,21). The molecule has 1 saturated heterocycles. The van der Waals surface area contributed by atoms with Crippen molar-refractivity contribution in [2.45, 2.75) is 44.8 Å². The molecule has 0 radical (unpaired) electrons. The molecule has 0 bridgehead atoms. The molecule has 2 amide bonds. The molecule has 5 nitrogen and oxygen atoms in total. The maximum atomic E-state index is 12.5. The van der Waals surface area contributed by atoms with E-state index < -0.39 is 5.60 Å². The maximum Gasteiger partial charge on any atom is 0.322 e. The first-order chi connectivity index (χ1) is 10.4. The summed E-state index contributed by atoms with van der Waals surface area (Å²) in [4.78, 5) is 16.5. The third-order valence-corrected chi connectivity index (χ3v) is 4.79. The summed E-state index contributed by atoms with van der Waals surface area (Å²) >= 11 is 0. The number of amides is 2. The molecule has 1 unspecified atom stereocenters. The Balaban J connectivity index is 1.73. The van der Waals surface area contributed by atoms with Crippen LogP contribution >= 0.6 is 0 Å². The van der Waals surface area contributed by atoms with Gasteiger partial charge in [0.05, 0.1) is 11.6 Å². The third kappa shape index (κ3) is 2.77. The van der Waals surface area contributed by atoms with Gasteiger partial charge in [0.1, 0.15) is 0 Å². The fourth-order valence-corrected chi connectivity index (χ4v) is 3.56. The van der Waals surface area contributed by atoms with Gasteiger partial charge in [0.25, 0.3) is 0 Å². The maximum absolute atomic E-state index is 12.5. The Hall–Kier alpha value is -1.75. The molecule has 2 heterocycles. The quantitative estimate of drug-likeness (QED) is 0.882. The van der Waals surface area contributed by atoms with Crippen LogP contribution in [0.25, 0.3) is 0 Å². The second-order valence-corrected chi connectivity index (χ2v) is 6.95. The van der Waals surface area contributed by atoms with Crippen LogP contribution in [0.2, 0.25) is 0 Å². The first-order valence-corrected chi connectivity index (χ1v) is 8.00. The zero-order chi connectivity index (χ0) is 15.9. The van der Waals surface area contributed by atoms with Crippen molar-refractivity contribution < 1.29 is 9.90 Å². The fraction of sp³-hybridized carbons (Fsp3) is 0.588. The predicted octanol–water partition coefficient (Wildman–Crippen LogP) is 2.45. The van der Waals surface area contributed by atoms with E-state index in [2.05, 4.69) is 23.3 Å². The highest BCUT2D eigenvalue weighted by atomic mass is 16.3. The van der Waals surface area contributed by atoms with E-state index in [-0.39, 0.29) is 12.1 Å². The van der Waals surface area contributed by atoms with Gasteiger partial charge in [-0.15, -0.1) is 0 Å². The summed E-state index contributed by atoms with van der Waals surface area (Å²) in [6.45, 7) is 5.27. The van der Waals surface area contributed by atoms with Crippen molar-refractivity contribution in [2.24, 2.45) is 0 Å². The number of likely N-dealkylation sites (tertiary alicyclic amines) is 1. The zero-order valence-electron chi connectivity index (χ0n) is 13.6. The largest absolute Gasteiger partial charge is 0.388 e. The van der Waals surface area contributed by atoms with E-state index in [0.717, 1.165) is 31.5 Å². The average Bonchev–Trinajstić information content (AvgIpc) is 3.06. The smallest absolute Gasteiger partial charge is 0.322 e. The van der Waals surface area contributed by atoms with Gasteiger partial charge >= 0.3 is 6.03 Å². The molecule has 2 N–H and O–H groups in total. The molecular weight excluding hydrogens is 278 g/mol. The summed E-state index contributed by atoms with van der Waals surface area (Å²) in [6.07, 6.45) is 2.85. The molecule has 3 rings (SSSR count). The van der Waals surface area contributed by atoms with Crippen LogP contribution in [0.1, 0.15) is 32.3 Å². The molecule has 1 aromatic rings. The van der Waals surface area contributed by atoms with Crippen LogP contribution in [0.5, 0.6) is 0 Å². The lowest BCUT2D eigenvalue weighted by molar-refractivity contribution is 0.0117. The molecule has 5 heteroatoms. The zero-order valence-corrected chi connectivity index (χ0v) is 13.6. The van der Waals surface area contributed by atoms with Crippen molar-refractivity contribution in [1.82, 2.24) is 4.90 Å². The molecular formula is C17H25N3O2. The first-order valence-electron chi connectivity index (χ1n) is 8.00. The summed E-state index contributed by atoms with van der Waals surface area (Å²) in [5, 5.41) is 13.2. The Kier molecular flexibility index (Phi) is 3.77. The van der Waals surface area contributed by atoms with Crippen LogP contribution < -0.4 is 10.2 Å². The van der Waals surface area contributed by atoms with Gasteiger partial charge in [-0.2, -0.15) is 0 Å². The number of nitrogens with zero attached hydrogens (tertiary/aromatic N) is 2. The number of carbonyl (C=O) groups is 1. The summed E-state index contributed by atoms with van der Waals surface area (Å²) in [6, 6.07) is 5.85. The topological polar surface area (TPSA) is 55.8 Å². The second-order valence-electron chi connectivity index (χ2n) is 6.95. The number of benzene rings is 1. The van der Waals surface area contributed by atoms with E-state index in [9.17, 15) is 9.90 Å². The monoisotopic (exact) mass is 303 g/mol. The Morgan fingerprint density at radius 1 is 1.36 bits per heavy atom. The number of nitrogens with one attached hydrogen (secondary N) is 1. The molecule has 0 aliphatic carbocycles. The number of hydrogen-bond acceptors (Lipinski definition) is 3. The van der Waals surface area contributed by atoms with E-state index in [4.69, 9.17) is 0 Å². The Bertz CT molecular complexity index is 580. The summed E-state index contributed by atoms with van der Waals surface area (Å²) < 4.78 is 0. The van der Waals surface area contributed by atoms with Crippen molar-refractivity contribution in [3.05, 3.63) is 23.8 Å². The van der Waals surface area contributed by atoms with Crippen molar-refractivity contribution in [2.75, 3.05) is 30.4 Å². The predicted molar refractivity (Wildman–Crippen MR) is 88.5 cm³/mol. The number of anilines is 2. The molecule has 120 valence electrons. The van der Waals surface area contributed by atoms with E-state index in [1.165, 1.54) is 11.3 Å². The number of carbonyl (C=O) groups excluding carboxylic acids is 1. The lowest BCUT2D eigenvalue weighted by Crippen LogP contribution is -2.49. The third-order valence-electron chi connectivity index (χ3n) is 4.79. The van der Waals surface area contributed by atoms with Crippen molar-refractivity contribution in [1.29, 1.82) is 0 Å². The van der Waals surface area contributed by atoms with E-state index in [1.807, 2.05) is 12.1 Å². The molecule has 1 aromatic carbocycles. The summed E-state index contributed by atoms with van der Waals surface area (Å²) in [5.41, 5.74) is 2.47. The van der Waals surface area contributed by atoms with Gasteiger partial charge in [-0.3, -0.25) is 0 Å². The number of rotatable bonds is 2. The van der Waals surface area contributed by atoms with Gasteiger partial charge in [-0.1, -0.05) is 6.07 Å². The molecule has 2 aliphatic rings. The van der Waals surface area contributed by atoms with Crippen LogP contribution in [0, 0.1) is 0 Å². The van der Waals surface area contributed by atoms with Crippen molar-refractivity contribution in [3.8, 4) is 0 Å². The van der Waals surface area contributed by atoms with Crippen LogP contribution in [-0.4, -0.2) is 47.8 Å². The second kappa shape index (κ2) is 5.47. The lowest BCUT2D eigenvalue weighted by atomic mass is 9.97. The minimum atomic E-state index is -0.869. The van der Waals surface area contributed by atoms with Crippen LogP contribution in [-0.2, 0) is 6.42 Å². The fourth-order valence-electron chi connectivity index (χ4n) is 3.56. The van der Waals surface area contributed by atoms with E-state index in [0.29, 0.717) is 6.54 Å². The van der Waals surface area contributed by atoms with E-state index in [1.54, 1.807) is 18.7 Å². The highest BCUT2D eigenvalue weighted by Gasteiger charge is 2.38. The van der Waals surface area contributed by atoms with Gasteiger partial charge in [-0.25, -0.2) is 4.79 Å². The average molecular weight is 303 g/mol. The lowest BCUT2D eigenvalue weighted by Gasteiger charge is -2.33. The Labute approximate surface area is 131 Å². The number of likely N-dealkylation sites (N-methyl/N-ethyl adjacent to an activating group) is 1. The number of hydrogen-bond donors (Lipinski definition) is 2. The first kappa shape index (κ1) is 15.2. The SMILES string of the molecule is CN1CCc2ccc(NC(=O)N3CCCC3C(C)(C)O)cc21. The highest BCUT2D eigenvalue weighted by Crippen LogP contribution is 2.31. The van der Waals surface area contributed by atoms with Gasteiger partial charge < -0.3 is 20.2 Å². The molecule has 0 aromatic heterocycles. The van der Waals surface area contributed by atoms with Gasteiger partial charge in [0, 0.05) is 31.5 Å². The molecule has 22 heavy (non-hydrogen) atoms. The molecule has 1 atom stereocenters. The van der Waals surface area contributed by atoms with Crippen LogP contribution in [0.4, 0.5) is 16.2 Å². The van der Waals surface area contributed by atoms with Gasteiger partial charge in [0.2, 0.25) is 0 Å². The number of fused-ring (bicyclic) bond motifs is 1. The number of urea groups is 1.